The average molecular weight is 546 g/mol. The molecule has 0 fully saturated rings. The molecule has 0 saturated carbocycles. The Balaban J connectivity index is 1.42. The highest BCUT2D eigenvalue weighted by molar-refractivity contribution is 6.30. The summed E-state index contributed by atoms with van der Waals surface area (Å²) in [7, 11) is 0. The molecule has 4 aromatic rings. The standard InChI is InChI=1S/C28H28ClN7O3/c1-19(37)32-24-11-8-21(9-12-24)27(38)33-25(13-7-20-5-3-2-4-6-20)28(39)30-16-15-22-17-23(29)10-14-26(22)36-18-31-34-35-36/h2-6,8-12,14,17-18,25H,7,13,15-16H2,1H3,(H,30,39)(H,32,37)(H,33,38)/t25-/m0/s1. The summed E-state index contributed by atoms with van der Waals surface area (Å²) < 4.78 is 1.54. The van der Waals surface area contributed by atoms with Crippen LogP contribution in [0.2, 0.25) is 5.02 Å². The van der Waals surface area contributed by atoms with Gasteiger partial charge in [-0.2, -0.15) is 0 Å². The first-order valence-corrected chi connectivity index (χ1v) is 12.8. The Morgan fingerprint density at radius 1 is 0.974 bits per heavy atom. The molecule has 1 heterocycles. The van der Waals surface area contributed by atoms with Crippen molar-refractivity contribution in [1.82, 2.24) is 30.8 Å². The Kier molecular flexibility index (Phi) is 9.36. The number of aryl methyl sites for hydroxylation is 1. The van der Waals surface area contributed by atoms with Crippen molar-refractivity contribution in [2.24, 2.45) is 0 Å². The van der Waals surface area contributed by atoms with E-state index in [1.807, 2.05) is 42.5 Å². The Morgan fingerprint density at radius 3 is 2.44 bits per heavy atom. The van der Waals surface area contributed by atoms with Gasteiger partial charge in [0.15, 0.2) is 0 Å². The molecule has 0 bridgehead atoms. The second kappa shape index (κ2) is 13.3. The van der Waals surface area contributed by atoms with E-state index in [1.165, 1.54) is 17.9 Å². The molecule has 1 aromatic heterocycles. The van der Waals surface area contributed by atoms with Gasteiger partial charge in [0.2, 0.25) is 11.8 Å². The fourth-order valence-corrected chi connectivity index (χ4v) is 4.26. The predicted octanol–water partition coefficient (Wildman–Crippen LogP) is 3.36. The van der Waals surface area contributed by atoms with Gasteiger partial charge in [0.1, 0.15) is 12.4 Å². The maximum absolute atomic E-state index is 13.2. The molecule has 0 aliphatic heterocycles. The minimum atomic E-state index is -0.758. The van der Waals surface area contributed by atoms with Crippen LogP contribution in [0.15, 0.2) is 79.1 Å². The predicted molar refractivity (Wildman–Crippen MR) is 148 cm³/mol. The molecule has 0 radical (unpaired) electrons. The molecule has 1 atom stereocenters. The van der Waals surface area contributed by atoms with Gasteiger partial charge in [-0.3, -0.25) is 14.4 Å². The number of anilines is 1. The number of benzene rings is 3. The number of amides is 3. The van der Waals surface area contributed by atoms with Gasteiger partial charge < -0.3 is 16.0 Å². The Morgan fingerprint density at radius 2 is 1.74 bits per heavy atom. The minimum absolute atomic E-state index is 0.201. The van der Waals surface area contributed by atoms with Crippen molar-refractivity contribution in [2.75, 3.05) is 11.9 Å². The number of halogens is 1. The van der Waals surface area contributed by atoms with E-state index in [-0.39, 0.29) is 17.7 Å². The minimum Gasteiger partial charge on any atom is -0.354 e. The number of carbonyl (C=O) groups is 3. The molecule has 200 valence electrons. The number of hydrogen-bond acceptors (Lipinski definition) is 6. The van der Waals surface area contributed by atoms with E-state index in [0.717, 1.165) is 16.8 Å². The smallest absolute Gasteiger partial charge is 0.251 e. The highest BCUT2D eigenvalue weighted by Gasteiger charge is 2.21. The normalized spacial score (nSPS) is 11.4. The molecule has 0 unspecified atom stereocenters. The van der Waals surface area contributed by atoms with Crippen LogP contribution in [0.4, 0.5) is 5.69 Å². The van der Waals surface area contributed by atoms with Crippen LogP contribution in [0.1, 0.15) is 34.8 Å². The zero-order valence-corrected chi connectivity index (χ0v) is 22.1. The first-order chi connectivity index (χ1) is 18.9. The first-order valence-electron chi connectivity index (χ1n) is 12.4. The zero-order valence-electron chi connectivity index (χ0n) is 21.3. The second-order valence-corrected chi connectivity index (χ2v) is 9.31. The van der Waals surface area contributed by atoms with E-state index in [2.05, 4.69) is 31.5 Å². The lowest BCUT2D eigenvalue weighted by atomic mass is 10.0. The van der Waals surface area contributed by atoms with Crippen LogP contribution in [0.5, 0.6) is 0 Å². The summed E-state index contributed by atoms with van der Waals surface area (Å²) in [5.41, 5.74) is 3.65. The third-order valence-corrected chi connectivity index (χ3v) is 6.22. The average Bonchev–Trinajstić information content (AvgIpc) is 3.46. The van der Waals surface area contributed by atoms with Crippen LogP contribution >= 0.6 is 11.6 Å². The van der Waals surface area contributed by atoms with E-state index >= 15 is 0 Å². The first kappa shape index (κ1) is 27.5. The van der Waals surface area contributed by atoms with Crippen molar-refractivity contribution in [1.29, 1.82) is 0 Å². The van der Waals surface area contributed by atoms with Gasteiger partial charge >= 0.3 is 0 Å². The van der Waals surface area contributed by atoms with E-state index in [4.69, 9.17) is 11.6 Å². The Labute approximate surface area is 230 Å². The monoisotopic (exact) mass is 545 g/mol. The SMILES string of the molecule is CC(=O)Nc1ccc(C(=O)N[C@@H](CCc2ccccc2)C(=O)NCCc2cc(Cl)ccc2-n2cnnn2)cc1. The number of carbonyl (C=O) groups excluding carboxylic acids is 3. The summed E-state index contributed by atoms with van der Waals surface area (Å²) in [5.74, 6) is -0.874. The quantitative estimate of drug-likeness (QED) is 0.265. The maximum atomic E-state index is 13.2. The summed E-state index contributed by atoms with van der Waals surface area (Å²) in [6.07, 6.45) is 2.99. The van der Waals surface area contributed by atoms with Gasteiger partial charge in [0, 0.05) is 29.7 Å². The maximum Gasteiger partial charge on any atom is 0.251 e. The van der Waals surface area contributed by atoms with Gasteiger partial charge in [-0.1, -0.05) is 41.9 Å². The highest BCUT2D eigenvalue weighted by Crippen LogP contribution is 2.19. The fraction of sp³-hybridized carbons (Fsp3) is 0.214. The van der Waals surface area contributed by atoms with E-state index in [0.29, 0.717) is 42.1 Å². The molecule has 0 aliphatic rings. The molecule has 4 rings (SSSR count). The van der Waals surface area contributed by atoms with Crippen molar-refractivity contribution in [3.05, 3.63) is 101 Å². The van der Waals surface area contributed by atoms with Crippen LogP contribution in [0, 0.1) is 0 Å². The Hall–Kier alpha value is -4.57. The van der Waals surface area contributed by atoms with Crippen LogP contribution in [0.3, 0.4) is 0 Å². The van der Waals surface area contributed by atoms with Crippen LogP contribution in [0.25, 0.3) is 5.69 Å². The number of nitrogens with zero attached hydrogens (tertiary/aromatic N) is 4. The molecule has 10 nitrogen and oxygen atoms in total. The summed E-state index contributed by atoms with van der Waals surface area (Å²) >= 11 is 6.20. The van der Waals surface area contributed by atoms with Gasteiger partial charge in [0.25, 0.3) is 5.91 Å². The molecule has 3 N–H and O–H groups in total. The molecule has 39 heavy (non-hydrogen) atoms. The molecule has 0 aliphatic carbocycles. The summed E-state index contributed by atoms with van der Waals surface area (Å²) in [6.45, 7) is 1.73. The van der Waals surface area contributed by atoms with E-state index in [1.54, 1.807) is 30.3 Å². The number of aromatic nitrogens is 4. The van der Waals surface area contributed by atoms with Crippen molar-refractivity contribution >= 4 is 35.0 Å². The molecular formula is C28H28ClN7O3. The summed E-state index contributed by atoms with van der Waals surface area (Å²) in [5, 5.41) is 20.3. The summed E-state index contributed by atoms with van der Waals surface area (Å²) in [6, 6.07) is 20.9. The molecule has 0 saturated heterocycles. The lowest BCUT2D eigenvalue weighted by molar-refractivity contribution is -0.123. The van der Waals surface area contributed by atoms with Gasteiger partial charge in [0.05, 0.1) is 5.69 Å². The van der Waals surface area contributed by atoms with Gasteiger partial charge in [-0.05, 0) is 83.3 Å². The topological polar surface area (TPSA) is 131 Å². The molecule has 0 spiro atoms. The number of rotatable bonds is 11. The zero-order chi connectivity index (χ0) is 27.6. The third kappa shape index (κ3) is 7.96. The van der Waals surface area contributed by atoms with Crippen molar-refractivity contribution in [3.63, 3.8) is 0 Å². The van der Waals surface area contributed by atoms with Crippen molar-refractivity contribution < 1.29 is 14.4 Å². The van der Waals surface area contributed by atoms with E-state index < -0.39 is 6.04 Å². The number of nitrogens with one attached hydrogen (secondary N) is 3. The lowest BCUT2D eigenvalue weighted by Crippen LogP contribution is -2.47. The lowest BCUT2D eigenvalue weighted by Gasteiger charge is -2.19. The van der Waals surface area contributed by atoms with Gasteiger partial charge in [-0.25, -0.2) is 4.68 Å². The van der Waals surface area contributed by atoms with E-state index in [9.17, 15) is 14.4 Å². The van der Waals surface area contributed by atoms with Gasteiger partial charge in [-0.15, -0.1) is 5.10 Å². The number of tetrazole rings is 1. The number of hydrogen-bond donors (Lipinski definition) is 3. The summed E-state index contributed by atoms with van der Waals surface area (Å²) in [4.78, 5) is 37.5. The van der Waals surface area contributed by atoms with Crippen LogP contribution in [-0.4, -0.2) is 50.5 Å². The molecule has 3 aromatic carbocycles. The van der Waals surface area contributed by atoms with Crippen molar-refractivity contribution in [2.45, 2.75) is 32.2 Å². The molecule has 3 amide bonds. The largest absolute Gasteiger partial charge is 0.354 e. The van der Waals surface area contributed by atoms with Crippen molar-refractivity contribution in [3.8, 4) is 5.69 Å². The molecule has 11 heteroatoms. The second-order valence-electron chi connectivity index (χ2n) is 8.88. The van der Waals surface area contributed by atoms with Crippen LogP contribution < -0.4 is 16.0 Å². The Bertz CT molecular complexity index is 1410. The fourth-order valence-electron chi connectivity index (χ4n) is 4.07. The molecular weight excluding hydrogens is 518 g/mol. The third-order valence-electron chi connectivity index (χ3n) is 5.98. The van der Waals surface area contributed by atoms with Crippen LogP contribution in [-0.2, 0) is 22.4 Å². The highest BCUT2D eigenvalue weighted by atomic mass is 35.5.